The van der Waals surface area contributed by atoms with E-state index in [2.05, 4.69) is 55.6 Å². The van der Waals surface area contributed by atoms with E-state index >= 15 is 0 Å². The lowest BCUT2D eigenvalue weighted by Crippen LogP contribution is -2.40. The number of aromatic nitrogens is 4. The van der Waals surface area contributed by atoms with Crippen molar-refractivity contribution in [2.24, 2.45) is 7.05 Å². The monoisotopic (exact) mass is 646 g/mol. The van der Waals surface area contributed by atoms with Gasteiger partial charge in [-0.15, -0.1) is 0 Å². The number of imidazole rings is 1. The minimum absolute atomic E-state index is 0.147. The summed E-state index contributed by atoms with van der Waals surface area (Å²) >= 11 is 5.79. The number of rotatable bonds is 10. The Balaban J connectivity index is 1.47. The largest absolute Gasteiger partial charge is 0.377 e. The molecule has 0 bridgehead atoms. The molecule has 0 spiro atoms. The van der Waals surface area contributed by atoms with Crippen molar-refractivity contribution in [3.63, 3.8) is 0 Å². The van der Waals surface area contributed by atoms with Gasteiger partial charge in [0.1, 0.15) is 0 Å². The predicted molar refractivity (Wildman–Crippen MR) is 141 cm³/mol. The van der Waals surface area contributed by atoms with Crippen LogP contribution in [0.4, 0.5) is 0 Å². The minimum atomic E-state index is -0.420. The number of ether oxygens (including phenoxy) is 3. The van der Waals surface area contributed by atoms with E-state index in [1.54, 1.807) is 11.6 Å². The molecule has 9 nitrogen and oxygen atoms in total. The van der Waals surface area contributed by atoms with Crippen LogP contribution in [0.3, 0.4) is 0 Å². The van der Waals surface area contributed by atoms with Gasteiger partial charge in [0, 0.05) is 18.1 Å². The molecule has 1 unspecified atom stereocenters. The fraction of sp³-hybridized carbons (Fsp3) is 0.522. The molecule has 1 atom stereocenters. The fourth-order valence-corrected chi connectivity index (χ4v) is 4.92. The zero-order valence-electron chi connectivity index (χ0n) is 19.0. The first-order valence-corrected chi connectivity index (χ1v) is 13.6. The highest BCUT2D eigenvalue weighted by Gasteiger charge is 2.19. The molecule has 0 N–H and O–H groups in total. The molecule has 0 amide bonds. The van der Waals surface area contributed by atoms with E-state index in [-0.39, 0.29) is 25.0 Å². The van der Waals surface area contributed by atoms with Gasteiger partial charge >= 0.3 is 5.69 Å². The summed E-state index contributed by atoms with van der Waals surface area (Å²) in [6.07, 6.45) is 2.92. The van der Waals surface area contributed by atoms with Crippen molar-refractivity contribution < 1.29 is 14.2 Å². The first-order valence-electron chi connectivity index (χ1n) is 11.3. The van der Waals surface area contributed by atoms with Gasteiger partial charge in [-0.25, -0.2) is 9.78 Å². The number of benzene rings is 1. The van der Waals surface area contributed by atoms with Crippen LogP contribution in [-0.4, -0.2) is 51.4 Å². The maximum absolute atomic E-state index is 13.3. The lowest BCUT2D eigenvalue weighted by molar-refractivity contribution is -0.169. The average Bonchev–Trinajstić information content (AvgIpc) is 3.19. The van der Waals surface area contributed by atoms with Crippen LogP contribution in [-0.2, 0) is 38.8 Å². The zero-order valence-corrected chi connectivity index (χ0v) is 22.8. The Bertz CT molecular complexity index is 1230. The van der Waals surface area contributed by atoms with Gasteiger partial charge in [0.2, 0.25) is 0 Å². The second-order valence-electron chi connectivity index (χ2n) is 8.17. The molecule has 3 aromatic rings. The van der Waals surface area contributed by atoms with Gasteiger partial charge in [0.05, 0.1) is 32.9 Å². The molecule has 2 aromatic heterocycles. The van der Waals surface area contributed by atoms with Gasteiger partial charge in [0.25, 0.3) is 5.56 Å². The molecule has 0 aliphatic carbocycles. The standard InChI is InChI=1S/C23H28BrIN4O5/c1-27-20-19(29(22(24)26-20)15-17-7-5-16(14-25)6-8-17)21(30)28(23(27)31)9-11-32-12-13-34-18-4-2-3-10-33-18/h5-8,18H,2-4,9-15H2,1H3. The van der Waals surface area contributed by atoms with E-state index in [1.165, 1.54) is 14.7 Å². The number of nitrogens with zero attached hydrogens (tertiary/aromatic N) is 4. The Morgan fingerprint density at radius 2 is 1.88 bits per heavy atom. The smallest absolute Gasteiger partial charge is 0.332 e. The van der Waals surface area contributed by atoms with Gasteiger partial charge in [-0.3, -0.25) is 13.9 Å². The van der Waals surface area contributed by atoms with Crippen LogP contribution in [0, 0.1) is 0 Å². The quantitative estimate of drug-likeness (QED) is 0.146. The Morgan fingerprint density at radius 1 is 1.12 bits per heavy atom. The van der Waals surface area contributed by atoms with E-state index < -0.39 is 5.69 Å². The summed E-state index contributed by atoms with van der Waals surface area (Å²) in [5, 5.41) is 0. The summed E-state index contributed by atoms with van der Waals surface area (Å²) in [7, 11) is 1.62. The molecule has 184 valence electrons. The molecule has 3 heterocycles. The first kappa shape index (κ1) is 25.5. The number of fused-ring (bicyclic) bond motifs is 1. The summed E-state index contributed by atoms with van der Waals surface area (Å²) in [5.74, 6) is 0. The molecular weight excluding hydrogens is 619 g/mol. The third-order valence-electron chi connectivity index (χ3n) is 5.83. The van der Waals surface area contributed by atoms with Gasteiger partial charge < -0.3 is 18.8 Å². The number of aryl methyl sites for hydroxylation is 1. The summed E-state index contributed by atoms with van der Waals surface area (Å²) in [6, 6.07) is 8.23. The Labute approximate surface area is 219 Å². The highest BCUT2D eigenvalue weighted by molar-refractivity contribution is 14.1. The molecule has 1 aliphatic rings. The van der Waals surface area contributed by atoms with E-state index in [9.17, 15) is 9.59 Å². The number of halogens is 2. The van der Waals surface area contributed by atoms with Crippen LogP contribution in [0.5, 0.6) is 0 Å². The molecule has 0 radical (unpaired) electrons. The Morgan fingerprint density at radius 3 is 2.59 bits per heavy atom. The van der Waals surface area contributed by atoms with E-state index in [0.29, 0.717) is 35.7 Å². The van der Waals surface area contributed by atoms with Crippen molar-refractivity contribution in [1.29, 1.82) is 0 Å². The van der Waals surface area contributed by atoms with E-state index in [0.717, 1.165) is 35.9 Å². The molecule has 11 heteroatoms. The third-order valence-corrected chi connectivity index (χ3v) is 7.32. The van der Waals surface area contributed by atoms with Crippen molar-refractivity contribution in [2.45, 2.75) is 43.1 Å². The molecular formula is C23H28BrIN4O5. The van der Waals surface area contributed by atoms with Crippen molar-refractivity contribution in [3.05, 3.63) is 61.0 Å². The second-order valence-corrected chi connectivity index (χ2v) is 9.64. The van der Waals surface area contributed by atoms with Crippen molar-refractivity contribution in [2.75, 3.05) is 26.4 Å². The lowest BCUT2D eigenvalue weighted by Gasteiger charge is -2.22. The molecule has 1 aromatic carbocycles. The Kier molecular flexibility index (Phi) is 8.97. The van der Waals surface area contributed by atoms with Crippen LogP contribution in [0.25, 0.3) is 11.2 Å². The Hall–Kier alpha value is -1.54. The maximum Gasteiger partial charge on any atom is 0.332 e. The summed E-state index contributed by atoms with van der Waals surface area (Å²) in [5.41, 5.74) is 2.21. The van der Waals surface area contributed by atoms with Gasteiger partial charge in [-0.05, 0) is 46.3 Å². The van der Waals surface area contributed by atoms with Gasteiger partial charge in [-0.1, -0.05) is 46.9 Å². The van der Waals surface area contributed by atoms with Crippen molar-refractivity contribution in [3.8, 4) is 0 Å². The topological polar surface area (TPSA) is 89.5 Å². The second kappa shape index (κ2) is 11.9. The number of hydrogen-bond acceptors (Lipinski definition) is 6. The van der Waals surface area contributed by atoms with E-state index in [4.69, 9.17) is 14.2 Å². The maximum atomic E-state index is 13.3. The lowest BCUT2D eigenvalue weighted by atomic mass is 10.1. The molecule has 4 rings (SSSR count). The molecule has 1 aliphatic heterocycles. The fourth-order valence-electron chi connectivity index (χ4n) is 3.94. The highest BCUT2D eigenvalue weighted by atomic mass is 127. The van der Waals surface area contributed by atoms with Gasteiger partial charge in [-0.2, -0.15) is 0 Å². The zero-order chi connectivity index (χ0) is 24.1. The van der Waals surface area contributed by atoms with Crippen LogP contribution in [0.2, 0.25) is 0 Å². The van der Waals surface area contributed by atoms with Crippen molar-refractivity contribution in [1.82, 2.24) is 18.7 Å². The van der Waals surface area contributed by atoms with Crippen LogP contribution in [0.1, 0.15) is 30.4 Å². The third kappa shape index (κ3) is 5.81. The average molecular weight is 647 g/mol. The SMILES string of the molecule is Cn1c(=O)n(CCOCCOC2CCCCO2)c(=O)c2c1nc(Br)n2Cc1ccc(CI)cc1. The number of alkyl halides is 1. The molecule has 0 saturated carbocycles. The molecule has 1 fully saturated rings. The summed E-state index contributed by atoms with van der Waals surface area (Å²) < 4.78 is 22.6. The van der Waals surface area contributed by atoms with Crippen molar-refractivity contribution >= 4 is 49.7 Å². The highest BCUT2D eigenvalue weighted by Crippen LogP contribution is 2.19. The first-order chi connectivity index (χ1) is 16.5. The normalized spacial score (nSPS) is 16.4. The molecule has 34 heavy (non-hydrogen) atoms. The van der Waals surface area contributed by atoms with Crippen LogP contribution >= 0.6 is 38.5 Å². The summed E-state index contributed by atoms with van der Waals surface area (Å²) in [4.78, 5) is 30.6. The van der Waals surface area contributed by atoms with Gasteiger partial charge in [0.15, 0.2) is 22.2 Å². The number of hydrogen-bond donors (Lipinski definition) is 0. The molecule has 1 saturated heterocycles. The van der Waals surface area contributed by atoms with Crippen LogP contribution < -0.4 is 11.2 Å². The van der Waals surface area contributed by atoms with Crippen LogP contribution in [0.15, 0.2) is 38.6 Å². The predicted octanol–water partition coefficient (Wildman–Crippen LogP) is 3.20. The van der Waals surface area contributed by atoms with E-state index in [1.807, 2.05) is 12.1 Å². The minimum Gasteiger partial charge on any atom is -0.377 e. The summed E-state index contributed by atoms with van der Waals surface area (Å²) in [6.45, 7) is 2.34.